The van der Waals surface area contributed by atoms with E-state index < -0.39 is 49.4 Å². The lowest BCUT2D eigenvalue weighted by molar-refractivity contribution is 0.0978. The molecule has 0 atom stereocenters. The largest absolute Gasteiger partial charge is 0.505 e. The van der Waals surface area contributed by atoms with Crippen LogP contribution >= 0.6 is 15.9 Å². The fraction of sp³-hybridized carbons (Fsp3) is 0.0513. The monoisotopic (exact) mass is 773 g/mol. The van der Waals surface area contributed by atoms with Crippen molar-refractivity contribution in [3.63, 3.8) is 0 Å². The number of methoxy groups -OCH3 is 1. The fourth-order valence-electron chi connectivity index (χ4n) is 6.72. The lowest BCUT2D eigenvalue weighted by Crippen LogP contribution is -2.22. The van der Waals surface area contributed by atoms with Gasteiger partial charge in [-0.2, -0.15) is 8.42 Å². The topological polar surface area (TPSA) is 176 Å². The number of H-pyrrole nitrogens is 1. The molecule has 7 aromatic rings. The number of phenols is 1. The van der Waals surface area contributed by atoms with Crippen LogP contribution in [0.1, 0.15) is 47.8 Å². The molecule has 1 aliphatic carbocycles. The van der Waals surface area contributed by atoms with E-state index in [1.54, 1.807) is 48.5 Å². The summed E-state index contributed by atoms with van der Waals surface area (Å²) in [7, 11) is -3.53. The van der Waals surface area contributed by atoms with E-state index in [2.05, 4.69) is 31.1 Å². The summed E-state index contributed by atoms with van der Waals surface area (Å²) in [5.41, 5.74) is 0.631. The number of hydrogen-bond donors (Lipinski definition) is 3. The van der Waals surface area contributed by atoms with E-state index in [1.165, 1.54) is 19.2 Å². The molecule has 6 aromatic carbocycles. The second-order valence-corrected chi connectivity index (χ2v) is 14.4. The standard InChI is InChI=1S/C39H24BrN3O8S/c1-51-21-13-10-19(11-14-21)16-29(44)26-17-20-12-15-23-22-6-4-5-9-28(22)41-34(23)31(20)36(39(26)47)43-42-35-30(52(48,49)50)18-27(40)32-33(35)38(46)25-8-3-2-7-24(25)37(32)45/h2-15,17-18,41,47H,16H2,1H3,(H,48,49,50). The van der Waals surface area contributed by atoms with Crippen molar-refractivity contribution in [2.24, 2.45) is 10.2 Å². The van der Waals surface area contributed by atoms with Crippen LogP contribution in [0.25, 0.3) is 32.6 Å². The van der Waals surface area contributed by atoms with Crippen LogP contribution in [0.15, 0.2) is 117 Å². The number of para-hydroxylation sites is 1. The first-order valence-corrected chi connectivity index (χ1v) is 18.0. The predicted molar refractivity (Wildman–Crippen MR) is 197 cm³/mol. The summed E-state index contributed by atoms with van der Waals surface area (Å²) in [6.45, 7) is 0. The number of nitrogens with zero attached hydrogens (tertiary/aromatic N) is 2. The maximum atomic E-state index is 14.0. The second-order valence-electron chi connectivity index (χ2n) is 12.2. The predicted octanol–water partition coefficient (Wildman–Crippen LogP) is 8.81. The molecule has 0 saturated heterocycles. The van der Waals surface area contributed by atoms with Crippen molar-refractivity contribution in [1.29, 1.82) is 0 Å². The molecule has 0 unspecified atom stereocenters. The molecule has 3 N–H and O–H groups in total. The van der Waals surface area contributed by atoms with Gasteiger partial charge in [0.05, 0.1) is 29.3 Å². The van der Waals surface area contributed by atoms with Crippen molar-refractivity contribution < 1.29 is 37.2 Å². The Balaban J connectivity index is 1.39. The number of carbonyl (C=O) groups is 3. The number of fused-ring (bicyclic) bond motifs is 7. The number of ketones is 3. The molecule has 0 spiro atoms. The van der Waals surface area contributed by atoms with Crippen molar-refractivity contribution in [2.75, 3.05) is 7.11 Å². The van der Waals surface area contributed by atoms with Crippen molar-refractivity contribution in [2.45, 2.75) is 11.3 Å². The van der Waals surface area contributed by atoms with Gasteiger partial charge in [-0.3, -0.25) is 18.9 Å². The molecule has 1 aromatic heterocycles. The van der Waals surface area contributed by atoms with E-state index in [1.807, 2.05) is 30.3 Å². The van der Waals surface area contributed by atoms with Crippen LogP contribution in [0, 0.1) is 0 Å². The van der Waals surface area contributed by atoms with Gasteiger partial charge in [-0.1, -0.05) is 66.7 Å². The first-order chi connectivity index (χ1) is 25.0. The Morgan fingerprint density at radius 2 is 1.48 bits per heavy atom. The van der Waals surface area contributed by atoms with Crippen LogP contribution in [0.2, 0.25) is 0 Å². The first-order valence-electron chi connectivity index (χ1n) is 15.8. The Morgan fingerprint density at radius 1 is 0.827 bits per heavy atom. The van der Waals surface area contributed by atoms with Gasteiger partial charge in [0.25, 0.3) is 10.1 Å². The fourth-order valence-corrected chi connectivity index (χ4v) is 8.13. The zero-order valence-electron chi connectivity index (χ0n) is 27.0. The number of phenolic OH excluding ortho intramolecular Hbond substituents is 1. The summed E-state index contributed by atoms with van der Waals surface area (Å²) < 4.78 is 41.0. The van der Waals surface area contributed by atoms with E-state index in [0.29, 0.717) is 27.6 Å². The third-order valence-electron chi connectivity index (χ3n) is 9.17. The average Bonchev–Trinajstić information content (AvgIpc) is 3.52. The SMILES string of the molecule is COc1ccc(CC(=O)c2cc3ccc4c5ccccc5[nH]c4c3c(N=Nc3c(S(=O)(=O)O)cc(Br)c4c3C(=O)c3ccccc3C4=O)c2O)cc1. The van der Waals surface area contributed by atoms with Gasteiger partial charge < -0.3 is 14.8 Å². The lowest BCUT2D eigenvalue weighted by atomic mass is 9.83. The van der Waals surface area contributed by atoms with Crippen molar-refractivity contribution in [3.8, 4) is 11.5 Å². The molecule has 0 radical (unpaired) electrons. The highest BCUT2D eigenvalue weighted by molar-refractivity contribution is 9.10. The van der Waals surface area contributed by atoms with Crippen LogP contribution in [0.4, 0.5) is 11.4 Å². The van der Waals surface area contributed by atoms with Crippen molar-refractivity contribution in [1.82, 2.24) is 4.98 Å². The number of Topliss-reactive ketones (excluding diaryl/α,β-unsaturated/α-hetero) is 1. The van der Waals surface area contributed by atoms with Crippen LogP contribution in [0.3, 0.4) is 0 Å². The molecule has 0 bridgehead atoms. The highest BCUT2D eigenvalue weighted by atomic mass is 79.9. The van der Waals surface area contributed by atoms with Crippen molar-refractivity contribution >= 4 is 87.4 Å². The Bertz CT molecular complexity index is 2860. The summed E-state index contributed by atoms with van der Waals surface area (Å²) in [6, 6.07) is 26.6. The summed E-state index contributed by atoms with van der Waals surface area (Å²) >= 11 is 3.21. The molecule has 1 heterocycles. The zero-order chi connectivity index (χ0) is 36.5. The molecule has 13 heteroatoms. The number of halogens is 1. The quantitative estimate of drug-likeness (QED) is 0.0818. The van der Waals surface area contributed by atoms with Crippen LogP contribution in [-0.4, -0.2) is 47.5 Å². The molecule has 0 fully saturated rings. The smallest absolute Gasteiger partial charge is 0.296 e. The number of benzene rings is 6. The highest BCUT2D eigenvalue weighted by Gasteiger charge is 2.37. The number of carbonyl (C=O) groups excluding carboxylic acids is 3. The van der Waals surface area contributed by atoms with Crippen LogP contribution in [0.5, 0.6) is 11.5 Å². The van der Waals surface area contributed by atoms with Gasteiger partial charge in [0, 0.05) is 43.7 Å². The maximum Gasteiger partial charge on any atom is 0.296 e. The molecule has 8 rings (SSSR count). The van der Waals surface area contributed by atoms with Gasteiger partial charge in [0.2, 0.25) is 0 Å². The van der Waals surface area contributed by atoms with Gasteiger partial charge in [-0.15, -0.1) is 10.2 Å². The molecule has 11 nitrogen and oxygen atoms in total. The average molecular weight is 775 g/mol. The van der Waals surface area contributed by atoms with Gasteiger partial charge in [0.1, 0.15) is 22.0 Å². The summed E-state index contributed by atoms with van der Waals surface area (Å²) in [4.78, 5) is 44.0. The van der Waals surface area contributed by atoms with E-state index >= 15 is 0 Å². The molecule has 0 saturated carbocycles. The maximum absolute atomic E-state index is 14.0. The number of azo groups is 1. The first kappa shape index (κ1) is 33.1. The summed E-state index contributed by atoms with van der Waals surface area (Å²) in [5.74, 6) is -1.68. The summed E-state index contributed by atoms with van der Waals surface area (Å²) in [5, 5.41) is 22.9. The zero-order valence-corrected chi connectivity index (χ0v) is 29.4. The molecule has 0 amide bonds. The van der Waals surface area contributed by atoms with Crippen molar-refractivity contribution in [3.05, 3.63) is 135 Å². The second kappa shape index (κ2) is 12.3. The van der Waals surface area contributed by atoms with E-state index in [9.17, 15) is 32.5 Å². The van der Waals surface area contributed by atoms with E-state index in [4.69, 9.17) is 4.74 Å². The van der Waals surface area contributed by atoms with Crippen LogP contribution < -0.4 is 4.74 Å². The molecule has 256 valence electrons. The number of aromatic nitrogens is 1. The van der Waals surface area contributed by atoms with Gasteiger partial charge in [0.15, 0.2) is 23.1 Å². The van der Waals surface area contributed by atoms with Gasteiger partial charge in [-0.25, -0.2) is 0 Å². The third kappa shape index (κ3) is 5.29. The van der Waals surface area contributed by atoms with Crippen LogP contribution in [-0.2, 0) is 16.5 Å². The third-order valence-corrected chi connectivity index (χ3v) is 10.7. The molecule has 52 heavy (non-hydrogen) atoms. The number of rotatable bonds is 7. The Kier molecular flexibility index (Phi) is 7.86. The molecule has 0 aliphatic heterocycles. The molecular weight excluding hydrogens is 750 g/mol. The summed E-state index contributed by atoms with van der Waals surface area (Å²) in [6.07, 6.45) is -0.0859. The molecular formula is C39H24BrN3O8S. The minimum atomic E-state index is -5.06. The highest BCUT2D eigenvalue weighted by Crippen LogP contribution is 2.46. The van der Waals surface area contributed by atoms with E-state index in [-0.39, 0.29) is 38.8 Å². The number of hydrogen-bond acceptors (Lipinski definition) is 9. The lowest BCUT2D eigenvalue weighted by Gasteiger charge is -2.21. The molecule has 1 aliphatic rings. The Hall–Kier alpha value is -6.02. The minimum absolute atomic E-state index is 0.00930. The number of ether oxygens (including phenoxy) is 1. The van der Waals surface area contributed by atoms with Gasteiger partial charge >= 0.3 is 0 Å². The minimum Gasteiger partial charge on any atom is -0.505 e. The van der Waals surface area contributed by atoms with Gasteiger partial charge in [-0.05, 0) is 57.2 Å². The Labute approximate surface area is 303 Å². The number of aromatic hydroxyl groups is 1. The number of nitrogens with one attached hydrogen (secondary N) is 1. The normalized spacial score (nSPS) is 12.9. The number of aromatic amines is 1. The van der Waals surface area contributed by atoms with E-state index in [0.717, 1.165) is 22.4 Å². The Morgan fingerprint density at radius 3 is 2.17 bits per heavy atom.